The van der Waals surface area contributed by atoms with Gasteiger partial charge in [-0.1, -0.05) is 54.6 Å². The zero-order valence-electron chi connectivity index (χ0n) is 17.6. The van der Waals surface area contributed by atoms with Crippen molar-refractivity contribution in [1.82, 2.24) is 4.90 Å². The van der Waals surface area contributed by atoms with Crippen LogP contribution in [0.3, 0.4) is 0 Å². The van der Waals surface area contributed by atoms with Gasteiger partial charge < -0.3 is 9.84 Å². The Morgan fingerprint density at radius 3 is 2.03 bits per heavy atom. The third-order valence-electron chi connectivity index (χ3n) is 5.76. The summed E-state index contributed by atoms with van der Waals surface area (Å²) in [6.45, 7) is 6.26. The molecule has 1 fully saturated rings. The van der Waals surface area contributed by atoms with E-state index in [9.17, 15) is 5.11 Å². The first-order valence-electron chi connectivity index (χ1n) is 10.7. The van der Waals surface area contributed by atoms with E-state index in [1.54, 1.807) is 12.1 Å². The topological polar surface area (TPSA) is 32.7 Å². The standard InChI is InChI=1S/C27H29NO2/c1-21(22-7-3-2-4-8-22)27(23-9-13-25(29)14-10-23)24-11-15-26(16-12-24)30-20-19-28-17-5-6-18-28/h2-4,7-16,29H,5-6,17-20H2,1H3/b27-21+. The minimum atomic E-state index is 0.275. The zero-order valence-corrected chi connectivity index (χ0v) is 17.6. The van der Waals surface area contributed by atoms with Crippen LogP contribution in [0.4, 0.5) is 0 Å². The molecule has 0 aliphatic carbocycles. The van der Waals surface area contributed by atoms with Crippen molar-refractivity contribution in [1.29, 1.82) is 0 Å². The third-order valence-corrected chi connectivity index (χ3v) is 5.76. The van der Waals surface area contributed by atoms with Crippen molar-refractivity contribution in [3.8, 4) is 11.5 Å². The van der Waals surface area contributed by atoms with Gasteiger partial charge in [0.25, 0.3) is 0 Å². The Hall–Kier alpha value is -3.04. The second kappa shape index (κ2) is 9.64. The quantitative estimate of drug-likeness (QED) is 0.506. The predicted molar refractivity (Wildman–Crippen MR) is 124 cm³/mol. The Bertz CT molecular complexity index is 970. The maximum atomic E-state index is 9.73. The van der Waals surface area contributed by atoms with Crippen LogP contribution in [0.5, 0.6) is 11.5 Å². The lowest BCUT2D eigenvalue weighted by atomic mass is 9.90. The van der Waals surface area contributed by atoms with E-state index in [-0.39, 0.29) is 5.75 Å². The summed E-state index contributed by atoms with van der Waals surface area (Å²) in [6.07, 6.45) is 2.61. The lowest BCUT2D eigenvalue weighted by Gasteiger charge is -2.16. The molecule has 0 amide bonds. The van der Waals surface area contributed by atoms with Crippen molar-refractivity contribution in [2.24, 2.45) is 0 Å². The molecular weight excluding hydrogens is 370 g/mol. The van der Waals surface area contributed by atoms with Crippen LogP contribution in [0.1, 0.15) is 36.5 Å². The highest BCUT2D eigenvalue weighted by Gasteiger charge is 2.13. The van der Waals surface area contributed by atoms with Crippen LogP contribution in [0.25, 0.3) is 11.1 Å². The highest BCUT2D eigenvalue weighted by atomic mass is 16.5. The molecule has 0 atom stereocenters. The van der Waals surface area contributed by atoms with Crippen LogP contribution in [-0.4, -0.2) is 36.2 Å². The number of benzene rings is 3. The summed E-state index contributed by atoms with van der Waals surface area (Å²) >= 11 is 0. The molecule has 0 unspecified atom stereocenters. The minimum absolute atomic E-state index is 0.275. The second-order valence-electron chi connectivity index (χ2n) is 7.83. The van der Waals surface area contributed by atoms with Gasteiger partial charge in [0.15, 0.2) is 0 Å². The van der Waals surface area contributed by atoms with Crippen LogP contribution in [0, 0.1) is 0 Å². The molecule has 1 aliphatic rings. The molecule has 1 saturated heterocycles. The fraction of sp³-hybridized carbons (Fsp3) is 0.259. The number of ether oxygens (including phenoxy) is 1. The largest absolute Gasteiger partial charge is 0.508 e. The van der Waals surface area contributed by atoms with E-state index < -0.39 is 0 Å². The van der Waals surface area contributed by atoms with Gasteiger partial charge in [-0.2, -0.15) is 0 Å². The summed E-state index contributed by atoms with van der Waals surface area (Å²) in [4.78, 5) is 2.46. The van der Waals surface area contributed by atoms with Gasteiger partial charge in [0.05, 0.1) is 0 Å². The maximum absolute atomic E-state index is 9.73. The number of allylic oxidation sites excluding steroid dienone is 1. The Morgan fingerprint density at radius 1 is 0.800 bits per heavy atom. The molecule has 3 heteroatoms. The zero-order chi connectivity index (χ0) is 20.8. The molecule has 1 aliphatic heterocycles. The Morgan fingerprint density at radius 2 is 1.40 bits per heavy atom. The summed E-state index contributed by atoms with van der Waals surface area (Å²) in [5, 5.41) is 9.73. The number of phenols is 1. The van der Waals surface area contributed by atoms with Crippen molar-refractivity contribution in [3.05, 3.63) is 95.6 Å². The fourth-order valence-corrected chi connectivity index (χ4v) is 4.08. The van der Waals surface area contributed by atoms with Crippen molar-refractivity contribution < 1.29 is 9.84 Å². The second-order valence-corrected chi connectivity index (χ2v) is 7.83. The number of rotatable bonds is 7. The van der Waals surface area contributed by atoms with Crippen LogP contribution in [0.15, 0.2) is 78.9 Å². The number of hydrogen-bond donors (Lipinski definition) is 1. The number of aromatic hydroxyl groups is 1. The summed E-state index contributed by atoms with van der Waals surface area (Å²) in [6, 6.07) is 26.2. The van der Waals surface area contributed by atoms with Gasteiger partial charge in [0.1, 0.15) is 18.1 Å². The lowest BCUT2D eigenvalue weighted by molar-refractivity contribution is 0.238. The van der Waals surface area contributed by atoms with Crippen LogP contribution >= 0.6 is 0 Å². The molecule has 0 saturated carbocycles. The molecule has 1 N–H and O–H groups in total. The van der Waals surface area contributed by atoms with E-state index in [0.29, 0.717) is 0 Å². The van der Waals surface area contributed by atoms with Gasteiger partial charge in [0.2, 0.25) is 0 Å². The van der Waals surface area contributed by atoms with Crippen LogP contribution < -0.4 is 4.74 Å². The number of likely N-dealkylation sites (tertiary alicyclic amines) is 1. The Labute approximate surface area is 179 Å². The van der Waals surface area contributed by atoms with Crippen molar-refractivity contribution in [3.63, 3.8) is 0 Å². The summed E-state index contributed by atoms with van der Waals surface area (Å²) < 4.78 is 5.98. The number of phenolic OH excluding ortho intramolecular Hbond substituents is 1. The lowest BCUT2D eigenvalue weighted by Crippen LogP contribution is -2.25. The summed E-state index contributed by atoms with van der Waals surface area (Å²) in [5.41, 5.74) is 5.76. The van der Waals surface area contributed by atoms with E-state index in [1.165, 1.54) is 37.1 Å². The van der Waals surface area contributed by atoms with E-state index >= 15 is 0 Å². The number of hydrogen-bond acceptors (Lipinski definition) is 3. The minimum Gasteiger partial charge on any atom is -0.508 e. The molecule has 0 aromatic heterocycles. The smallest absolute Gasteiger partial charge is 0.119 e. The summed E-state index contributed by atoms with van der Waals surface area (Å²) in [5.74, 6) is 1.18. The average molecular weight is 400 g/mol. The van der Waals surface area contributed by atoms with E-state index in [4.69, 9.17) is 4.74 Å². The molecule has 4 rings (SSSR count). The van der Waals surface area contributed by atoms with Gasteiger partial charge in [-0.15, -0.1) is 0 Å². The molecule has 30 heavy (non-hydrogen) atoms. The van der Waals surface area contributed by atoms with Crippen molar-refractivity contribution in [2.45, 2.75) is 19.8 Å². The van der Waals surface area contributed by atoms with Gasteiger partial charge in [-0.25, -0.2) is 0 Å². The van der Waals surface area contributed by atoms with Crippen LogP contribution in [-0.2, 0) is 0 Å². The first-order valence-corrected chi connectivity index (χ1v) is 10.7. The first-order chi connectivity index (χ1) is 14.7. The molecule has 154 valence electrons. The van der Waals surface area contributed by atoms with E-state index in [0.717, 1.165) is 35.6 Å². The first kappa shape index (κ1) is 20.2. The van der Waals surface area contributed by atoms with Gasteiger partial charge >= 0.3 is 0 Å². The van der Waals surface area contributed by atoms with Crippen LogP contribution in [0.2, 0.25) is 0 Å². The van der Waals surface area contributed by atoms with E-state index in [1.807, 2.05) is 18.2 Å². The number of nitrogens with zero attached hydrogens (tertiary/aromatic N) is 1. The predicted octanol–water partition coefficient (Wildman–Crippen LogP) is 5.85. The molecule has 0 spiro atoms. The van der Waals surface area contributed by atoms with E-state index in [2.05, 4.69) is 60.4 Å². The Balaban J connectivity index is 1.58. The maximum Gasteiger partial charge on any atom is 0.119 e. The highest BCUT2D eigenvalue weighted by Crippen LogP contribution is 2.33. The molecule has 3 nitrogen and oxygen atoms in total. The van der Waals surface area contributed by atoms with Crippen molar-refractivity contribution >= 4 is 11.1 Å². The van der Waals surface area contributed by atoms with Gasteiger partial charge in [-0.05, 0) is 85.0 Å². The average Bonchev–Trinajstić information content (AvgIpc) is 3.30. The molecule has 0 bridgehead atoms. The Kier molecular flexibility index (Phi) is 6.50. The monoisotopic (exact) mass is 399 g/mol. The molecule has 3 aromatic carbocycles. The third kappa shape index (κ3) is 4.92. The van der Waals surface area contributed by atoms with Gasteiger partial charge in [0, 0.05) is 6.54 Å². The SMILES string of the molecule is C/C(=C(/c1ccc(O)cc1)c1ccc(OCCN2CCCC2)cc1)c1ccccc1. The summed E-state index contributed by atoms with van der Waals surface area (Å²) in [7, 11) is 0. The van der Waals surface area contributed by atoms with Crippen molar-refractivity contribution in [2.75, 3.05) is 26.2 Å². The highest BCUT2D eigenvalue weighted by molar-refractivity contribution is 5.97. The normalized spacial score (nSPS) is 15.1. The van der Waals surface area contributed by atoms with Gasteiger partial charge in [-0.3, -0.25) is 4.90 Å². The molecule has 0 radical (unpaired) electrons. The molecule has 3 aromatic rings. The molecular formula is C27H29NO2. The molecule has 1 heterocycles. The fourth-order valence-electron chi connectivity index (χ4n) is 4.08.